The third-order valence-corrected chi connectivity index (χ3v) is 4.54. The van der Waals surface area contributed by atoms with Crippen LogP contribution in [0.3, 0.4) is 0 Å². The molecule has 0 spiro atoms. The van der Waals surface area contributed by atoms with Gasteiger partial charge < -0.3 is 9.84 Å². The fourth-order valence-electron chi connectivity index (χ4n) is 2.97. The predicted octanol–water partition coefficient (Wildman–Crippen LogP) is 3.13. The van der Waals surface area contributed by atoms with E-state index in [1.165, 1.54) is 0 Å². The molecule has 0 unspecified atom stereocenters. The van der Waals surface area contributed by atoms with Crippen LogP contribution < -0.4 is 4.74 Å². The first kappa shape index (κ1) is 20.7. The van der Waals surface area contributed by atoms with Crippen LogP contribution in [0.15, 0.2) is 24.3 Å². The largest absolute Gasteiger partial charge is 0.476 e. The SMILES string of the molecule is Cc1nc(OCCN2CCC(O)(C(F)(F)F)CC2)c2ccccc2n1.Cl. The number of fused-ring (bicyclic) bond motifs is 1. The van der Waals surface area contributed by atoms with Crippen molar-refractivity contribution < 1.29 is 23.0 Å². The highest BCUT2D eigenvalue weighted by Crippen LogP contribution is 2.38. The zero-order valence-electron chi connectivity index (χ0n) is 14.3. The summed E-state index contributed by atoms with van der Waals surface area (Å²) in [7, 11) is 0. The summed E-state index contributed by atoms with van der Waals surface area (Å²) in [4.78, 5) is 10.5. The topological polar surface area (TPSA) is 58.5 Å². The molecule has 0 atom stereocenters. The van der Waals surface area contributed by atoms with Gasteiger partial charge in [-0.2, -0.15) is 18.2 Å². The van der Waals surface area contributed by atoms with Gasteiger partial charge in [-0.25, -0.2) is 4.98 Å². The van der Waals surface area contributed by atoms with E-state index in [0.717, 1.165) is 10.9 Å². The number of aryl methyl sites for hydroxylation is 1. The fraction of sp³-hybridized carbons (Fsp3) is 0.529. The molecule has 144 valence electrons. The summed E-state index contributed by atoms with van der Waals surface area (Å²) in [6, 6.07) is 7.50. The molecule has 1 aliphatic heterocycles. The van der Waals surface area contributed by atoms with Crippen LogP contribution >= 0.6 is 12.4 Å². The van der Waals surface area contributed by atoms with Gasteiger partial charge in [0.2, 0.25) is 5.88 Å². The van der Waals surface area contributed by atoms with Gasteiger partial charge in [-0.15, -0.1) is 12.4 Å². The summed E-state index contributed by atoms with van der Waals surface area (Å²) >= 11 is 0. The van der Waals surface area contributed by atoms with Crippen molar-refractivity contribution in [1.29, 1.82) is 0 Å². The summed E-state index contributed by atoms with van der Waals surface area (Å²) < 4.78 is 44.2. The zero-order chi connectivity index (χ0) is 18.1. The van der Waals surface area contributed by atoms with E-state index in [1.54, 1.807) is 6.92 Å². The van der Waals surface area contributed by atoms with Crippen LogP contribution in [-0.4, -0.2) is 58.0 Å². The molecule has 1 saturated heterocycles. The number of ether oxygens (including phenoxy) is 1. The fourth-order valence-corrected chi connectivity index (χ4v) is 2.97. The molecule has 1 aromatic carbocycles. The molecule has 9 heteroatoms. The zero-order valence-corrected chi connectivity index (χ0v) is 15.1. The molecule has 0 aliphatic carbocycles. The third-order valence-electron chi connectivity index (χ3n) is 4.54. The minimum Gasteiger partial charge on any atom is -0.476 e. The van der Waals surface area contributed by atoms with E-state index >= 15 is 0 Å². The minimum atomic E-state index is -4.58. The Balaban J connectivity index is 0.00000243. The number of hydrogen-bond acceptors (Lipinski definition) is 5. The highest BCUT2D eigenvalue weighted by Gasteiger charge is 2.54. The van der Waals surface area contributed by atoms with Crippen molar-refractivity contribution in [3.05, 3.63) is 30.1 Å². The highest BCUT2D eigenvalue weighted by atomic mass is 35.5. The van der Waals surface area contributed by atoms with Crippen LogP contribution in [0.4, 0.5) is 13.2 Å². The lowest BCUT2D eigenvalue weighted by Gasteiger charge is -2.38. The van der Waals surface area contributed by atoms with E-state index in [1.807, 2.05) is 29.2 Å². The molecule has 1 aliphatic rings. The number of alkyl halides is 3. The molecular formula is C17H21ClF3N3O2. The Morgan fingerprint density at radius 3 is 2.50 bits per heavy atom. The number of aliphatic hydroxyl groups is 1. The van der Waals surface area contributed by atoms with Crippen molar-refractivity contribution >= 4 is 23.3 Å². The van der Waals surface area contributed by atoms with Gasteiger partial charge in [-0.05, 0) is 31.9 Å². The van der Waals surface area contributed by atoms with Crippen molar-refractivity contribution in [2.24, 2.45) is 0 Å². The number of para-hydroxylation sites is 1. The minimum absolute atomic E-state index is 0. The molecule has 0 amide bonds. The van der Waals surface area contributed by atoms with E-state index < -0.39 is 11.8 Å². The summed E-state index contributed by atoms with van der Waals surface area (Å²) in [6.07, 6.45) is -5.20. The molecule has 0 saturated carbocycles. The lowest BCUT2D eigenvalue weighted by molar-refractivity contribution is -0.272. The average Bonchev–Trinajstić information content (AvgIpc) is 2.55. The molecule has 2 aromatic rings. The van der Waals surface area contributed by atoms with Gasteiger partial charge in [0.25, 0.3) is 0 Å². The summed E-state index contributed by atoms with van der Waals surface area (Å²) in [5.41, 5.74) is -1.78. The Bertz CT molecular complexity index is 750. The van der Waals surface area contributed by atoms with Crippen molar-refractivity contribution in [2.75, 3.05) is 26.2 Å². The van der Waals surface area contributed by atoms with Crippen LogP contribution in [0.5, 0.6) is 5.88 Å². The first-order valence-electron chi connectivity index (χ1n) is 8.16. The maximum absolute atomic E-state index is 12.8. The number of likely N-dealkylation sites (tertiary alicyclic amines) is 1. The highest BCUT2D eigenvalue weighted by molar-refractivity contribution is 5.85. The molecule has 5 nitrogen and oxygen atoms in total. The first-order valence-corrected chi connectivity index (χ1v) is 8.16. The molecule has 2 heterocycles. The van der Waals surface area contributed by atoms with Crippen molar-refractivity contribution in [3.8, 4) is 5.88 Å². The average molecular weight is 392 g/mol. The van der Waals surface area contributed by atoms with Crippen molar-refractivity contribution in [1.82, 2.24) is 14.9 Å². The van der Waals surface area contributed by atoms with Gasteiger partial charge in [0.1, 0.15) is 12.4 Å². The molecule has 3 rings (SSSR count). The van der Waals surface area contributed by atoms with Crippen molar-refractivity contribution in [3.63, 3.8) is 0 Å². The second kappa shape index (κ2) is 7.94. The van der Waals surface area contributed by atoms with Gasteiger partial charge in [-0.3, -0.25) is 4.90 Å². The van der Waals surface area contributed by atoms with Gasteiger partial charge in [0.05, 0.1) is 10.9 Å². The summed E-state index contributed by atoms with van der Waals surface area (Å²) in [6.45, 7) is 2.93. The molecule has 1 fully saturated rings. The molecule has 0 radical (unpaired) electrons. The van der Waals surface area contributed by atoms with E-state index in [9.17, 15) is 18.3 Å². The Hall–Kier alpha value is -1.64. The van der Waals surface area contributed by atoms with Crippen LogP contribution in [0, 0.1) is 6.92 Å². The van der Waals surface area contributed by atoms with Crippen molar-refractivity contribution in [2.45, 2.75) is 31.5 Å². The number of benzene rings is 1. The van der Waals surface area contributed by atoms with Crippen LogP contribution in [0.2, 0.25) is 0 Å². The lowest BCUT2D eigenvalue weighted by atomic mass is 9.91. The number of rotatable bonds is 4. The molecule has 0 bridgehead atoms. The normalized spacial score (nSPS) is 17.7. The monoisotopic (exact) mass is 391 g/mol. The van der Waals surface area contributed by atoms with Gasteiger partial charge >= 0.3 is 6.18 Å². The van der Waals surface area contributed by atoms with Gasteiger partial charge in [-0.1, -0.05) is 12.1 Å². The quantitative estimate of drug-likeness (QED) is 0.867. The molecule has 1 aromatic heterocycles. The number of hydrogen-bond donors (Lipinski definition) is 1. The van der Waals surface area contributed by atoms with Crippen LogP contribution in [-0.2, 0) is 0 Å². The Morgan fingerprint density at radius 2 is 1.85 bits per heavy atom. The number of halogens is 4. The number of piperidine rings is 1. The lowest BCUT2D eigenvalue weighted by Crippen LogP contribution is -2.53. The Labute approximate surface area is 155 Å². The summed E-state index contributed by atoms with van der Waals surface area (Å²) in [5, 5.41) is 10.5. The first-order chi connectivity index (χ1) is 11.8. The Morgan fingerprint density at radius 1 is 1.19 bits per heavy atom. The van der Waals surface area contributed by atoms with Crippen LogP contribution in [0.25, 0.3) is 10.9 Å². The van der Waals surface area contributed by atoms with E-state index in [2.05, 4.69) is 9.97 Å². The number of nitrogens with zero attached hydrogens (tertiary/aromatic N) is 3. The van der Waals surface area contributed by atoms with E-state index in [-0.39, 0.29) is 38.3 Å². The molecule has 26 heavy (non-hydrogen) atoms. The van der Waals surface area contributed by atoms with Crippen LogP contribution in [0.1, 0.15) is 18.7 Å². The standard InChI is InChI=1S/C17H20F3N3O2.ClH/c1-12-21-14-5-3-2-4-13(14)15(22-12)25-11-10-23-8-6-16(24,7-9-23)17(18,19)20;/h2-5,24H,6-11H2,1H3;1H. The summed E-state index contributed by atoms with van der Waals surface area (Å²) in [5.74, 6) is 1.08. The second-order valence-electron chi connectivity index (χ2n) is 6.31. The third kappa shape index (κ3) is 4.36. The maximum atomic E-state index is 12.8. The van der Waals surface area contributed by atoms with E-state index in [0.29, 0.717) is 24.9 Å². The van der Waals surface area contributed by atoms with E-state index in [4.69, 9.17) is 4.74 Å². The van der Waals surface area contributed by atoms with Gasteiger partial charge in [0, 0.05) is 19.6 Å². The molecule has 1 N–H and O–H groups in total. The Kier molecular flexibility index (Phi) is 6.31. The number of aromatic nitrogens is 2. The smallest absolute Gasteiger partial charge is 0.417 e. The predicted molar refractivity (Wildman–Crippen MR) is 93.7 cm³/mol. The maximum Gasteiger partial charge on any atom is 0.417 e. The molecular weight excluding hydrogens is 371 g/mol. The van der Waals surface area contributed by atoms with Gasteiger partial charge in [0.15, 0.2) is 5.60 Å². The second-order valence-corrected chi connectivity index (χ2v) is 6.31.